The number of carbonyl (C=O) groups is 2. The van der Waals surface area contributed by atoms with Crippen LogP contribution in [0.1, 0.15) is 29.9 Å². The smallest absolute Gasteiger partial charge is 0.287 e. The third-order valence-corrected chi connectivity index (χ3v) is 3.67. The molecule has 3 N–H and O–H groups in total. The Labute approximate surface area is 126 Å². The fourth-order valence-electron chi connectivity index (χ4n) is 2.50. The van der Waals surface area contributed by atoms with E-state index < -0.39 is 11.9 Å². The highest BCUT2D eigenvalue weighted by Gasteiger charge is 2.24. The molecular weight excluding hydrogens is 284 g/mol. The molecule has 2 heterocycles. The summed E-state index contributed by atoms with van der Waals surface area (Å²) in [6.07, 6.45) is 2.32. The third kappa shape index (κ3) is 2.83. The number of amides is 2. The molecular formula is C15H16N4O3. The highest BCUT2D eigenvalue weighted by Crippen LogP contribution is 2.08. The van der Waals surface area contributed by atoms with Crippen LogP contribution >= 0.6 is 0 Å². The number of H-pyrrole nitrogens is 1. The van der Waals surface area contributed by atoms with Gasteiger partial charge in [-0.1, -0.05) is 12.1 Å². The monoisotopic (exact) mass is 300 g/mol. The van der Waals surface area contributed by atoms with E-state index >= 15 is 0 Å². The first-order chi connectivity index (χ1) is 10.6. The molecule has 7 heteroatoms. The van der Waals surface area contributed by atoms with E-state index in [1.807, 2.05) is 0 Å². The van der Waals surface area contributed by atoms with E-state index in [9.17, 15) is 14.4 Å². The molecule has 1 unspecified atom stereocenters. The molecule has 0 spiro atoms. The lowest BCUT2D eigenvalue weighted by Crippen LogP contribution is -2.46. The SMILES string of the molecule is O=C(NC1CCCCNC1=O)c1nc2ccccc2c(=O)[nH]1. The Bertz CT molecular complexity index is 784. The molecule has 1 aromatic carbocycles. The summed E-state index contributed by atoms with van der Waals surface area (Å²) >= 11 is 0. The maximum atomic E-state index is 12.2. The molecule has 1 atom stereocenters. The van der Waals surface area contributed by atoms with E-state index in [4.69, 9.17) is 0 Å². The van der Waals surface area contributed by atoms with Crippen molar-refractivity contribution in [3.8, 4) is 0 Å². The Hall–Kier alpha value is -2.70. The van der Waals surface area contributed by atoms with Gasteiger partial charge in [0.25, 0.3) is 11.5 Å². The fourth-order valence-corrected chi connectivity index (χ4v) is 2.50. The second kappa shape index (κ2) is 5.97. The average molecular weight is 300 g/mol. The van der Waals surface area contributed by atoms with Crippen molar-refractivity contribution in [3.63, 3.8) is 0 Å². The van der Waals surface area contributed by atoms with Crippen molar-refractivity contribution in [2.24, 2.45) is 0 Å². The van der Waals surface area contributed by atoms with Gasteiger partial charge in [0.2, 0.25) is 5.91 Å². The van der Waals surface area contributed by atoms with Gasteiger partial charge in [0.15, 0.2) is 5.82 Å². The van der Waals surface area contributed by atoms with Crippen LogP contribution in [0.15, 0.2) is 29.1 Å². The molecule has 0 bridgehead atoms. The van der Waals surface area contributed by atoms with Crippen LogP contribution in [0.25, 0.3) is 10.9 Å². The number of benzene rings is 1. The molecule has 114 valence electrons. The lowest BCUT2D eigenvalue weighted by atomic mass is 10.1. The zero-order valence-corrected chi connectivity index (χ0v) is 11.9. The summed E-state index contributed by atoms with van der Waals surface area (Å²) < 4.78 is 0. The number of fused-ring (bicyclic) bond motifs is 1. The third-order valence-electron chi connectivity index (χ3n) is 3.67. The van der Waals surface area contributed by atoms with E-state index in [0.717, 1.165) is 12.8 Å². The summed E-state index contributed by atoms with van der Waals surface area (Å²) in [6, 6.07) is 6.19. The molecule has 1 aliphatic rings. The van der Waals surface area contributed by atoms with Crippen LogP contribution in [0.2, 0.25) is 0 Å². The lowest BCUT2D eigenvalue weighted by molar-refractivity contribution is -0.122. The topological polar surface area (TPSA) is 104 Å². The maximum Gasteiger partial charge on any atom is 0.287 e. The fraction of sp³-hybridized carbons (Fsp3) is 0.333. The summed E-state index contributed by atoms with van der Waals surface area (Å²) in [6.45, 7) is 0.621. The van der Waals surface area contributed by atoms with E-state index in [0.29, 0.717) is 23.9 Å². The van der Waals surface area contributed by atoms with Gasteiger partial charge in [0, 0.05) is 6.54 Å². The Balaban J connectivity index is 1.85. The van der Waals surface area contributed by atoms with Crippen molar-refractivity contribution < 1.29 is 9.59 Å². The Morgan fingerprint density at radius 3 is 2.91 bits per heavy atom. The molecule has 3 rings (SSSR count). The van der Waals surface area contributed by atoms with Gasteiger partial charge in [-0.3, -0.25) is 14.4 Å². The number of nitrogens with one attached hydrogen (secondary N) is 3. The second-order valence-electron chi connectivity index (χ2n) is 5.24. The van der Waals surface area contributed by atoms with Gasteiger partial charge in [-0.15, -0.1) is 0 Å². The first-order valence-electron chi connectivity index (χ1n) is 7.23. The van der Waals surface area contributed by atoms with Crippen molar-refractivity contribution >= 4 is 22.7 Å². The number of hydrogen-bond donors (Lipinski definition) is 3. The van der Waals surface area contributed by atoms with Gasteiger partial charge in [-0.25, -0.2) is 4.98 Å². The Morgan fingerprint density at radius 2 is 2.05 bits per heavy atom. The molecule has 1 saturated heterocycles. The Morgan fingerprint density at radius 1 is 1.23 bits per heavy atom. The molecule has 7 nitrogen and oxygen atoms in total. The van der Waals surface area contributed by atoms with Crippen molar-refractivity contribution in [1.29, 1.82) is 0 Å². The van der Waals surface area contributed by atoms with Crippen molar-refractivity contribution in [2.45, 2.75) is 25.3 Å². The molecule has 0 radical (unpaired) electrons. The van der Waals surface area contributed by atoms with Gasteiger partial charge >= 0.3 is 0 Å². The molecule has 0 saturated carbocycles. The van der Waals surface area contributed by atoms with E-state index in [2.05, 4.69) is 20.6 Å². The average Bonchev–Trinajstić information content (AvgIpc) is 2.72. The van der Waals surface area contributed by atoms with E-state index in [1.54, 1.807) is 24.3 Å². The first-order valence-corrected chi connectivity index (χ1v) is 7.23. The quantitative estimate of drug-likeness (QED) is 0.743. The molecule has 22 heavy (non-hydrogen) atoms. The number of aromatic amines is 1. The highest BCUT2D eigenvalue weighted by molar-refractivity contribution is 5.96. The molecule has 1 aromatic heterocycles. The number of nitrogens with zero attached hydrogens (tertiary/aromatic N) is 1. The minimum absolute atomic E-state index is 0.0826. The molecule has 2 amide bonds. The van der Waals surface area contributed by atoms with Crippen LogP contribution in [0.4, 0.5) is 0 Å². The van der Waals surface area contributed by atoms with Gasteiger partial charge < -0.3 is 15.6 Å². The number of rotatable bonds is 2. The van der Waals surface area contributed by atoms with Crippen LogP contribution in [-0.2, 0) is 4.79 Å². The number of aromatic nitrogens is 2. The number of carbonyl (C=O) groups excluding carboxylic acids is 2. The summed E-state index contributed by atoms with van der Waals surface area (Å²) in [5.41, 5.74) is 0.0720. The number of hydrogen-bond acceptors (Lipinski definition) is 4. The van der Waals surface area contributed by atoms with Crippen molar-refractivity contribution in [3.05, 3.63) is 40.4 Å². The zero-order chi connectivity index (χ0) is 15.5. The molecule has 0 aliphatic carbocycles. The molecule has 2 aromatic rings. The summed E-state index contributed by atoms with van der Waals surface area (Å²) in [5, 5.41) is 5.80. The van der Waals surface area contributed by atoms with Crippen LogP contribution < -0.4 is 16.2 Å². The van der Waals surface area contributed by atoms with Crippen LogP contribution in [-0.4, -0.2) is 34.4 Å². The summed E-state index contributed by atoms with van der Waals surface area (Å²) in [4.78, 5) is 42.7. The normalized spacial score (nSPS) is 18.5. The minimum Gasteiger partial charge on any atom is -0.354 e. The van der Waals surface area contributed by atoms with Gasteiger partial charge in [-0.2, -0.15) is 0 Å². The van der Waals surface area contributed by atoms with Crippen LogP contribution in [0, 0.1) is 0 Å². The van der Waals surface area contributed by atoms with Gasteiger partial charge in [0.05, 0.1) is 10.9 Å². The number of para-hydroxylation sites is 1. The summed E-state index contributed by atoms with van der Waals surface area (Å²) in [7, 11) is 0. The molecule has 1 aliphatic heterocycles. The maximum absolute atomic E-state index is 12.2. The summed E-state index contributed by atoms with van der Waals surface area (Å²) in [5.74, 6) is -0.834. The van der Waals surface area contributed by atoms with Crippen molar-refractivity contribution in [1.82, 2.24) is 20.6 Å². The van der Waals surface area contributed by atoms with E-state index in [1.165, 1.54) is 0 Å². The molecule has 1 fully saturated rings. The van der Waals surface area contributed by atoms with Crippen LogP contribution in [0.3, 0.4) is 0 Å². The highest BCUT2D eigenvalue weighted by atomic mass is 16.2. The predicted molar refractivity (Wildman–Crippen MR) is 80.5 cm³/mol. The van der Waals surface area contributed by atoms with Gasteiger partial charge in [0.1, 0.15) is 6.04 Å². The largest absolute Gasteiger partial charge is 0.354 e. The predicted octanol–water partition coefficient (Wildman–Crippen LogP) is 0.322. The van der Waals surface area contributed by atoms with Crippen LogP contribution in [0.5, 0.6) is 0 Å². The standard InChI is InChI=1S/C15H16N4O3/c20-13-9-5-1-2-6-10(9)17-12(19-13)15(22)18-11-7-3-4-8-16-14(11)21/h1-2,5-6,11H,3-4,7-8H2,(H,16,21)(H,18,22)(H,17,19,20). The lowest BCUT2D eigenvalue weighted by Gasteiger charge is -2.14. The first kappa shape index (κ1) is 14.2. The Kier molecular flexibility index (Phi) is 3.86. The minimum atomic E-state index is -0.591. The van der Waals surface area contributed by atoms with Gasteiger partial charge in [-0.05, 0) is 31.4 Å². The van der Waals surface area contributed by atoms with E-state index in [-0.39, 0.29) is 17.3 Å². The van der Waals surface area contributed by atoms with Crippen molar-refractivity contribution in [2.75, 3.05) is 6.54 Å². The zero-order valence-electron chi connectivity index (χ0n) is 11.9. The second-order valence-corrected chi connectivity index (χ2v) is 5.24.